The lowest BCUT2D eigenvalue weighted by Gasteiger charge is -2.10. The highest BCUT2D eigenvalue weighted by atomic mass is 15.2. The van der Waals surface area contributed by atoms with Gasteiger partial charge in [0.25, 0.3) is 0 Å². The first-order valence-corrected chi connectivity index (χ1v) is 6.23. The second-order valence-corrected chi connectivity index (χ2v) is 4.63. The van der Waals surface area contributed by atoms with Gasteiger partial charge < -0.3 is 10.6 Å². The van der Waals surface area contributed by atoms with Crippen molar-refractivity contribution >= 4 is 17.5 Å². The van der Waals surface area contributed by atoms with Gasteiger partial charge in [0, 0.05) is 23.5 Å². The fourth-order valence-electron chi connectivity index (χ4n) is 1.72. The molecule has 1 aromatic heterocycles. The Kier molecular flexibility index (Phi) is 2.84. The molecule has 1 aromatic carbocycles. The first-order valence-electron chi connectivity index (χ1n) is 6.23. The van der Waals surface area contributed by atoms with Crippen molar-refractivity contribution in [3.05, 3.63) is 42.1 Å². The molecule has 2 N–H and O–H groups in total. The minimum atomic E-state index is 0.600. The SMILES string of the molecule is Cc1cnc(Nc2ccccc2)nc1NC1CC1. The van der Waals surface area contributed by atoms with Crippen molar-refractivity contribution in [2.75, 3.05) is 10.6 Å². The summed E-state index contributed by atoms with van der Waals surface area (Å²) in [5, 5.41) is 6.62. The smallest absolute Gasteiger partial charge is 0.229 e. The topological polar surface area (TPSA) is 49.8 Å². The van der Waals surface area contributed by atoms with Crippen LogP contribution < -0.4 is 10.6 Å². The Hall–Kier alpha value is -2.10. The predicted molar refractivity (Wildman–Crippen MR) is 73.1 cm³/mol. The molecule has 92 valence electrons. The molecule has 1 heterocycles. The van der Waals surface area contributed by atoms with Crippen LogP contribution in [-0.2, 0) is 0 Å². The van der Waals surface area contributed by atoms with Crippen molar-refractivity contribution < 1.29 is 0 Å². The van der Waals surface area contributed by atoms with Gasteiger partial charge in [0.1, 0.15) is 5.82 Å². The average Bonchev–Trinajstić information content (AvgIpc) is 3.19. The summed E-state index contributed by atoms with van der Waals surface area (Å²) in [6.07, 6.45) is 4.33. The summed E-state index contributed by atoms with van der Waals surface area (Å²) in [7, 11) is 0. The van der Waals surface area contributed by atoms with Crippen LogP contribution in [0.2, 0.25) is 0 Å². The Labute approximate surface area is 106 Å². The number of nitrogens with one attached hydrogen (secondary N) is 2. The molecule has 0 saturated heterocycles. The maximum atomic E-state index is 4.51. The normalized spacial score (nSPS) is 14.3. The summed E-state index contributed by atoms with van der Waals surface area (Å²) in [5.41, 5.74) is 2.08. The van der Waals surface area contributed by atoms with E-state index in [0.717, 1.165) is 17.1 Å². The molecule has 1 saturated carbocycles. The van der Waals surface area contributed by atoms with Gasteiger partial charge in [-0.1, -0.05) is 18.2 Å². The van der Waals surface area contributed by atoms with Crippen molar-refractivity contribution in [3.8, 4) is 0 Å². The molecule has 0 aliphatic heterocycles. The second kappa shape index (κ2) is 4.64. The average molecular weight is 240 g/mol. The van der Waals surface area contributed by atoms with E-state index >= 15 is 0 Å². The van der Waals surface area contributed by atoms with Crippen molar-refractivity contribution in [2.45, 2.75) is 25.8 Å². The molecule has 0 spiro atoms. The van der Waals surface area contributed by atoms with Crippen molar-refractivity contribution in [2.24, 2.45) is 0 Å². The Bertz CT molecular complexity index is 535. The van der Waals surface area contributed by atoms with Gasteiger partial charge >= 0.3 is 0 Å². The summed E-state index contributed by atoms with van der Waals surface area (Å²) in [6, 6.07) is 10.6. The number of nitrogens with zero attached hydrogens (tertiary/aromatic N) is 2. The van der Waals surface area contributed by atoms with Gasteiger partial charge in [-0.15, -0.1) is 0 Å². The van der Waals surface area contributed by atoms with Crippen LogP contribution >= 0.6 is 0 Å². The predicted octanol–water partition coefficient (Wildman–Crippen LogP) is 3.10. The first-order chi connectivity index (χ1) is 8.81. The van der Waals surface area contributed by atoms with Crippen LogP contribution in [-0.4, -0.2) is 16.0 Å². The summed E-state index contributed by atoms with van der Waals surface area (Å²) >= 11 is 0. The third kappa shape index (κ3) is 2.59. The molecule has 0 unspecified atom stereocenters. The number of hydrogen-bond donors (Lipinski definition) is 2. The van der Waals surface area contributed by atoms with Gasteiger partial charge in [-0.05, 0) is 31.9 Å². The van der Waals surface area contributed by atoms with Gasteiger partial charge in [0.05, 0.1) is 0 Å². The van der Waals surface area contributed by atoms with Crippen LogP contribution in [0.25, 0.3) is 0 Å². The minimum absolute atomic E-state index is 0.600. The lowest BCUT2D eigenvalue weighted by Crippen LogP contribution is -2.07. The summed E-state index contributed by atoms with van der Waals surface area (Å²) in [6.45, 7) is 2.02. The molecule has 4 heteroatoms. The Morgan fingerprint density at radius 3 is 2.67 bits per heavy atom. The van der Waals surface area contributed by atoms with Crippen LogP contribution in [0.3, 0.4) is 0 Å². The number of para-hydroxylation sites is 1. The van der Waals surface area contributed by atoms with E-state index in [1.54, 1.807) is 0 Å². The molecule has 18 heavy (non-hydrogen) atoms. The molecule has 1 aliphatic rings. The lowest BCUT2D eigenvalue weighted by molar-refractivity contribution is 1.06. The quantitative estimate of drug-likeness (QED) is 0.862. The molecule has 0 atom stereocenters. The van der Waals surface area contributed by atoms with Gasteiger partial charge in [-0.25, -0.2) is 4.98 Å². The largest absolute Gasteiger partial charge is 0.367 e. The lowest BCUT2D eigenvalue weighted by atomic mass is 10.3. The second-order valence-electron chi connectivity index (χ2n) is 4.63. The monoisotopic (exact) mass is 240 g/mol. The summed E-state index contributed by atoms with van der Waals surface area (Å²) in [4.78, 5) is 8.81. The summed E-state index contributed by atoms with van der Waals surface area (Å²) < 4.78 is 0. The zero-order valence-corrected chi connectivity index (χ0v) is 10.4. The minimum Gasteiger partial charge on any atom is -0.367 e. The molecule has 2 aromatic rings. The number of anilines is 3. The number of rotatable bonds is 4. The zero-order chi connectivity index (χ0) is 12.4. The Morgan fingerprint density at radius 1 is 1.17 bits per heavy atom. The highest BCUT2D eigenvalue weighted by Crippen LogP contribution is 2.26. The zero-order valence-electron chi connectivity index (χ0n) is 10.4. The van der Waals surface area contributed by atoms with E-state index in [-0.39, 0.29) is 0 Å². The molecule has 0 radical (unpaired) electrons. The molecule has 1 fully saturated rings. The third-order valence-electron chi connectivity index (χ3n) is 2.92. The maximum Gasteiger partial charge on any atom is 0.229 e. The van der Waals surface area contributed by atoms with E-state index in [2.05, 4.69) is 20.6 Å². The van der Waals surface area contributed by atoms with Gasteiger partial charge in [0.15, 0.2) is 0 Å². The molecular formula is C14H16N4. The van der Waals surface area contributed by atoms with Crippen LogP contribution in [0.5, 0.6) is 0 Å². The molecular weight excluding hydrogens is 224 g/mol. The van der Waals surface area contributed by atoms with Gasteiger partial charge in [-0.3, -0.25) is 0 Å². The number of aromatic nitrogens is 2. The highest BCUT2D eigenvalue weighted by molar-refractivity contribution is 5.56. The van der Waals surface area contributed by atoms with E-state index in [0.29, 0.717) is 12.0 Å². The van der Waals surface area contributed by atoms with E-state index in [1.807, 2.05) is 43.5 Å². The van der Waals surface area contributed by atoms with E-state index < -0.39 is 0 Å². The fourth-order valence-corrected chi connectivity index (χ4v) is 1.72. The standard InChI is InChI=1S/C14H16N4/c1-10-9-15-14(17-11-5-3-2-4-6-11)18-13(10)16-12-7-8-12/h2-6,9,12H,7-8H2,1H3,(H2,15,16,17,18). The third-order valence-corrected chi connectivity index (χ3v) is 2.92. The number of hydrogen-bond acceptors (Lipinski definition) is 4. The Morgan fingerprint density at radius 2 is 1.94 bits per heavy atom. The van der Waals surface area contributed by atoms with Crippen molar-refractivity contribution in [1.29, 1.82) is 0 Å². The van der Waals surface area contributed by atoms with E-state index in [4.69, 9.17) is 0 Å². The molecule has 1 aliphatic carbocycles. The molecule has 0 bridgehead atoms. The van der Waals surface area contributed by atoms with Crippen LogP contribution in [0.15, 0.2) is 36.5 Å². The van der Waals surface area contributed by atoms with Gasteiger partial charge in [-0.2, -0.15) is 4.98 Å². The number of aryl methyl sites for hydroxylation is 1. The van der Waals surface area contributed by atoms with E-state index in [1.165, 1.54) is 12.8 Å². The van der Waals surface area contributed by atoms with Crippen molar-refractivity contribution in [3.63, 3.8) is 0 Å². The van der Waals surface area contributed by atoms with E-state index in [9.17, 15) is 0 Å². The molecule has 3 rings (SSSR count). The van der Waals surface area contributed by atoms with Gasteiger partial charge in [0.2, 0.25) is 5.95 Å². The first kappa shape index (κ1) is 11.0. The Balaban J connectivity index is 1.79. The highest BCUT2D eigenvalue weighted by Gasteiger charge is 2.22. The van der Waals surface area contributed by atoms with Crippen LogP contribution in [0.1, 0.15) is 18.4 Å². The number of benzene rings is 1. The van der Waals surface area contributed by atoms with Crippen LogP contribution in [0, 0.1) is 6.92 Å². The van der Waals surface area contributed by atoms with Crippen molar-refractivity contribution in [1.82, 2.24) is 9.97 Å². The van der Waals surface area contributed by atoms with Crippen LogP contribution in [0.4, 0.5) is 17.5 Å². The maximum absolute atomic E-state index is 4.51. The molecule has 4 nitrogen and oxygen atoms in total. The fraction of sp³-hybridized carbons (Fsp3) is 0.286. The summed E-state index contributed by atoms with van der Waals surface area (Å²) in [5.74, 6) is 1.57. The molecule has 0 amide bonds.